The van der Waals surface area contributed by atoms with Gasteiger partial charge in [0.05, 0.1) is 5.25 Å². The predicted octanol–water partition coefficient (Wildman–Crippen LogP) is -1.34. The Hall–Kier alpha value is 0.0700. The quantitative estimate of drug-likeness (QED) is 0.484. The topological polar surface area (TPSA) is 55.1 Å². The van der Waals surface area contributed by atoms with E-state index in [2.05, 4.69) is 5.32 Å². The van der Waals surface area contributed by atoms with Gasteiger partial charge in [0.1, 0.15) is 0 Å². The molecule has 0 bridgehead atoms. The Bertz CT molecular complexity index is 128. The second-order valence-electron chi connectivity index (χ2n) is 2.36. The molecule has 4 heteroatoms. The number of hydrogen-bond donors (Lipinski definition) is 2. The molecule has 0 aromatic rings. The summed E-state index contributed by atoms with van der Waals surface area (Å²) < 4.78 is 10.8. The lowest BCUT2D eigenvalue weighted by molar-refractivity contribution is 0.664. The maximum Gasteiger partial charge on any atom is 0.0632 e. The summed E-state index contributed by atoms with van der Waals surface area (Å²) in [5.41, 5.74) is 5.62. The molecule has 9 heavy (non-hydrogen) atoms. The molecule has 0 aromatic carbocycles. The van der Waals surface area contributed by atoms with E-state index in [4.69, 9.17) is 5.73 Å². The highest BCUT2D eigenvalue weighted by Crippen LogP contribution is 2.02. The van der Waals surface area contributed by atoms with Gasteiger partial charge >= 0.3 is 0 Å². The van der Waals surface area contributed by atoms with Crippen LogP contribution >= 0.6 is 0 Å². The minimum Gasteiger partial charge on any atom is -0.326 e. The zero-order chi connectivity index (χ0) is 6.85. The molecule has 0 radical (unpaired) electrons. The standard InChI is InChI=1S/C5H12N2OS/c1-9(8)5-3-7-2-4(5)6/h4-5,7H,2-3,6H2,1H3. The van der Waals surface area contributed by atoms with Gasteiger partial charge in [-0.25, -0.2) is 0 Å². The van der Waals surface area contributed by atoms with Gasteiger partial charge in [-0.1, -0.05) is 0 Å². The summed E-state index contributed by atoms with van der Waals surface area (Å²) in [6.45, 7) is 1.62. The summed E-state index contributed by atoms with van der Waals surface area (Å²) >= 11 is 0. The van der Waals surface area contributed by atoms with Gasteiger partial charge in [-0.2, -0.15) is 0 Å². The molecule has 3 N–H and O–H groups in total. The zero-order valence-electron chi connectivity index (χ0n) is 5.46. The van der Waals surface area contributed by atoms with Crippen LogP contribution in [0.25, 0.3) is 0 Å². The fourth-order valence-corrected chi connectivity index (χ4v) is 1.98. The first-order chi connectivity index (χ1) is 4.22. The molecular formula is C5H12N2OS. The molecule has 0 saturated carbocycles. The number of nitrogens with one attached hydrogen (secondary N) is 1. The lowest BCUT2D eigenvalue weighted by Crippen LogP contribution is -2.35. The minimum atomic E-state index is -0.758. The summed E-state index contributed by atoms with van der Waals surface area (Å²) in [7, 11) is -0.758. The van der Waals surface area contributed by atoms with E-state index in [-0.39, 0.29) is 11.3 Å². The van der Waals surface area contributed by atoms with Crippen LogP contribution in [0.15, 0.2) is 0 Å². The fraction of sp³-hybridized carbons (Fsp3) is 1.00. The molecule has 1 saturated heterocycles. The van der Waals surface area contributed by atoms with Crippen LogP contribution in [-0.2, 0) is 10.8 Å². The Morgan fingerprint density at radius 2 is 2.33 bits per heavy atom. The van der Waals surface area contributed by atoms with E-state index >= 15 is 0 Å². The fourth-order valence-electron chi connectivity index (χ4n) is 1.04. The van der Waals surface area contributed by atoms with E-state index in [1.165, 1.54) is 0 Å². The van der Waals surface area contributed by atoms with Crippen molar-refractivity contribution in [3.05, 3.63) is 0 Å². The van der Waals surface area contributed by atoms with Crippen LogP contribution in [0, 0.1) is 0 Å². The summed E-state index contributed by atoms with van der Waals surface area (Å²) in [6, 6.07) is 0.0934. The van der Waals surface area contributed by atoms with Crippen LogP contribution in [0.3, 0.4) is 0 Å². The third-order valence-corrected chi connectivity index (χ3v) is 3.00. The van der Waals surface area contributed by atoms with E-state index in [0.29, 0.717) is 0 Å². The molecular weight excluding hydrogens is 136 g/mol. The maximum absolute atomic E-state index is 10.8. The molecule has 0 amide bonds. The molecule has 1 fully saturated rings. The molecule has 1 heterocycles. The largest absolute Gasteiger partial charge is 0.326 e. The number of hydrogen-bond acceptors (Lipinski definition) is 3. The SMILES string of the molecule is CS(=O)C1CNCC1N. The first-order valence-electron chi connectivity index (χ1n) is 3.00. The lowest BCUT2D eigenvalue weighted by atomic mass is 10.3. The molecule has 3 atom stereocenters. The predicted molar refractivity (Wildman–Crippen MR) is 38.7 cm³/mol. The van der Waals surface area contributed by atoms with Gasteiger partial charge in [-0.3, -0.25) is 4.21 Å². The molecule has 0 aromatic heterocycles. The summed E-state index contributed by atoms with van der Waals surface area (Å²) in [5.74, 6) is 0. The lowest BCUT2D eigenvalue weighted by Gasteiger charge is -2.08. The second-order valence-corrected chi connectivity index (χ2v) is 3.96. The van der Waals surface area contributed by atoms with Gasteiger partial charge in [0.25, 0.3) is 0 Å². The number of nitrogens with two attached hydrogens (primary N) is 1. The normalized spacial score (nSPS) is 38.9. The number of rotatable bonds is 1. The van der Waals surface area contributed by atoms with E-state index in [1.807, 2.05) is 0 Å². The van der Waals surface area contributed by atoms with Crippen LogP contribution < -0.4 is 11.1 Å². The highest BCUT2D eigenvalue weighted by molar-refractivity contribution is 7.85. The summed E-state index contributed by atoms with van der Waals surface area (Å²) in [6.07, 6.45) is 1.71. The Morgan fingerprint density at radius 3 is 2.56 bits per heavy atom. The van der Waals surface area contributed by atoms with E-state index in [0.717, 1.165) is 13.1 Å². The third-order valence-electron chi connectivity index (χ3n) is 1.63. The monoisotopic (exact) mass is 148 g/mol. The molecule has 3 nitrogen and oxygen atoms in total. The molecule has 1 aliphatic heterocycles. The average molecular weight is 148 g/mol. The smallest absolute Gasteiger partial charge is 0.0632 e. The van der Waals surface area contributed by atoms with E-state index < -0.39 is 10.8 Å². The van der Waals surface area contributed by atoms with E-state index in [9.17, 15) is 4.21 Å². The zero-order valence-corrected chi connectivity index (χ0v) is 6.28. The molecule has 0 spiro atoms. The molecule has 54 valence electrons. The van der Waals surface area contributed by atoms with Gasteiger partial charge in [-0.05, 0) is 0 Å². The molecule has 1 aliphatic rings. The minimum absolute atomic E-state index is 0.0934. The van der Waals surface area contributed by atoms with Crippen LogP contribution in [0.4, 0.5) is 0 Å². The van der Waals surface area contributed by atoms with Gasteiger partial charge in [0.2, 0.25) is 0 Å². The molecule has 3 unspecified atom stereocenters. The summed E-state index contributed by atoms with van der Waals surface area (Å²) in [4.78, 5) is 0. The van der Waals surface area contributed by atoms with Gasteiger partial charge in [0.15, 0.2) is 0 Å². The second kappa shape index (κ2) is 2.77. The van der Waals surface area contributed by atoms with Crippen molar-refractivity contribution in [3.63, 3.8) is 0 Å². The van der Waals surface area contributed by atoms with Crippen molar-refractivity contribution in [1.82, 2.24) is 5.32 Å². The van der Waals surface area contributed by atoms with Crippen LogP contribution in [0.1, 0.15) is 0 Å². The van der Waals surface area contributed by atoms with Crippen molar-refractivity contribution >= 4 is 10.8 Å². The van der Waals surface area contributed by atoms with Crippen molar-refractivity contribution in [3.8, 4) is 0 Å². The van der Waals surface area contributed by atoms with E-state index in [1.54, 1.807) is 6.26 Å². The van der Waals surface area contributed by atoms with Gasteiger partial charge in [-0.15, -0.1) is 0 Å². The first-order valence-corrected chi connectivity index (χ1v) is 4.62. The Labute approximate surface area is 57.5 Å². The van der Waals surface area contributed by atoms with Crippen molar-refractivity contribution < 1.29 is 4.21 Å². The molecule has 0 aliphatic carbocycles. The summed E-state index contributed by atoms with van der Waals surface area (Å²) in [5, 5.41) is 3.26. The highest BCUT2D eigenvalue weighted by atomic mass is 32.2. The average Bonchev–Trinajstić information content (AvgIpc) is 2.13. The van der Waals surface area contributed by atoms with Crippen LogP contribution in [0.5, 0.6) is 0 Å². The first kappa shape index (κ1) is 7.18. The van der Waals surface area contributed by atoms with Crippen molar-refractivity contribution in [1.29, 1.82) is 0 Å². The van der Waals surface area contributed by atoms with Crippen LogP contribution in [-0.4, -0.2) is 34.8 Å². The van der Waals surface area contributed by atoms with Gasteiger partial charge < -0.3 is 11.1 Å². The van der Waals surface area contributed by atoms with Crippen LogP contribution in [0.2, 0.25) is 0 Å². The van der Waals surface area contributed by atoms with Crippen molar-refractivity contribution in [2.45, 2.75) is 11.3 Å². The van der Waals surface area contributed by atoms with Crippen molar-refractivity contribution in [2.75, 3.05) is 19.3 Å². The van der Waals surface area contributed by atoms with Gasteiger partial charge in [0, 0.05) is 36.2 Å². The highest BCUT2D eigenvalue weighted by Gasteiger charge is 2.26. The maximum atomic E-state index is 10.8. The Balaban J connectivity index is 2.49. The Kier molecular flexibility index (Phi) is 2.21. The third kappa shape index (κ3) is 1.50. The van der Waals surface area contributed by atoms with Crippen molar-refractivity contribution in [2.24, 2.45) is 5.73 Å². The Morgan fingerprint density at radius 1 is 1.67 bits per heavy atom. The molecule has 1 rings (SSSR count).